The maximum atomic E-state index is 12.1. The van der Waals surface area contributed by atoms with Gasteiger partial charge in [-0.3, -0.25) is 0 Å². The molecule has 9 heteroatoms. The van der Waals surface area contributed by atoms with E-state index in [-0.39, 0.29) is 23.0 Å². The lowest BCUT2D eigenvalue weighted by molar-refractivity contribution is 0.387. The molecule has 3 N–H and O–H groups in total. The molecule has 0 saturated carbocycles. The minimum Gasteiger partial charge on any atom is -0.398 e. The first-order valence-electron chi connectivity index (χ1n) is 5.22. The molecule has 7 nitrogen and oxygen atoms in total. The van der Waals surface area contributed by atoms with Gasteiger partial charge in [-0.1, -0.05) is 21.1 Å². The van der Waals surface area contributed by atoms with E-state index in [1.54, 1.807) is 13.0 Å². The molecule has 0 amide bonds. The topological polar surface area (TPSA) is 111 Å². The fraction of sp³-hybridized carbons (Fsp3) is 0.200. The Hall–Kier alpha value is -1.45. The molecular weight excluding hydrogens is 336 g/mol. The number of aryl methyl sites for hydroxylation is 1. The van der Waals surface area contributed by atoms with Crippen molar-refractivity contribution in [1.29, 1.82) is 0 Å². The fourth-order valence-corrected chi connectivity index (χ4v) is 2.88. The first kappa shape index (κ1) is 14.0. The minimum absolute atomic E-state index is 0.0101. The number of halogens is 1. The van der Waals surface area contributed by atoms with Gasteiger partial charge >= 0.3 is 0 Å². The number of sulfonamides is 1. The van der Waals surface area contributed by atoms with Crippen molar-refractivity contribution in [3.8, 4) is 0 Å². The van der Waals surface area contributed by atoms with Crippen LogP contribution in [0.5, 0.6) is 0 Å². The number of nitrogens with zero attached hydrogens (tertiary/aromatic N) is 2. The predicted octanol–water partition coefficient (Wildman–Crippen LogP) is 1.20. The molecule has 0 spiro atoms. The van der Waals surface area contributed by atoms with Gasteiger partial charge in [-0.15, -0.1) is 0 Å². The average Bonchev–Trinajstić information content (AvgIpc) is 2.72. The van der Waals surface area contributed by atoms with E-state index in [1.165, 1.54) is 12.1 Å². The number of hydrogen-bond acceptors (Lipinski definition) is 6. The largest absolute Gasteiger partial charge is 0.398 e. The molecule has 0 fully saturated rings. The maximum absolute atomic E-state index is 12.1. The molecule has 0 aliphatic rings. The van der Waals surface area contributed by atoms with Crippen molar-refractivity contribution in [3.05, 3.63) is 34.4 Å². The summed E-state index contributed by atoms with van der Waals surface area (Å²) in [6.45, 7) is 1.56. The molecule has 1 aromatic carbocycles. The molecule has 2 rings (SSSR count). The Morgan fingerprint density at radius 1 is 1.47 bits per heavy atom. The van der Waals surface area contributed by atoms with Gasteiger partial charge in [0.15, 0.2) is 5.82 Å². The standard InChI is InChI=1S/C10H11BrN4O3S/c1-6-14-10(15-18-6)5-13-19(16,17)9-3-2-7(11)4-8(9)12/h2-4,13H,5,12H2,1H3. The smallest absolute Gasteiger partial charge is 0.243 e. The summed E-state index contributed by atoms with van der Waals surface area (Å²) < 4.78 is 31.9. The summed E-state index contributed by atoms with van der Waals surface area (Å²) in [6.07, 6.45) is 0. The molecule has 1 aromatic heterocycles. The van der Waals surface area contributed by atoms with E-state index in [0.717, 1.165) is 0 Å². The van der Waals surface area contributed by atoms with E-state index in [1.807, 2.05) is 0 Å². The number of hydrogen-bond donors (Lipinski definition) is 2. The molecule has 0 atom stereocenters. The van der Waals surface area contributed by atoms with Gasteiger partial charge < -0.3 is 10.3 Å². The Bertz CT molecular complexity index is 699. The summed E-state index contributed by atoms with van der Waals surface area (Å²) in [7, 11) is -3.71. The van der Waals surface area contributed by atoms with Crippen molar-refractivity contribution in [3.63, 3.8) is 0 Å². The highest BCUT2D eigenvalue weighted by molar-refractivity contribution is 9.10. The molecule has 0 bridgehead atoms. The van der Waals surface area contributed by atoms with Crippen LogP contribution in [0.25, 0.3) is 0 Å². The molecule has 0 aliphatic heterocycles. The van der Waals surface area contributed by atoms with Crippen molar-refractivity contribution in [2.75, 3.05) is 5.73 Å². The number of nitrogens with two attached hydrogens (primary N) is 1. The first-order chi connectivity index (χ1) is 8.88. The Morgan fingerprint density at radius 3 is 2.79 bits per heavy atom. The normalized spacial score (nSPS) is 11.7. The van der Waals surface area contributed by atoms with Crippen LogP contribution in [-0.4, -0.2) is 18.6 Å². The van der Waals surface area contributed by atoms with Crippen LogP contribution in [0.2, 0.25) is 0 Å². The number of nitrogens with one attached hydrogen (secondary N) is 1. The van der Waals surface area contributed by atoms with Crippen molar-refractivity contribution >= 4 is 31.6 Å². The van der Waals surface area contributed by atoms with Crippen LogP contribution in [0, 0.1) is 6.92 Å². The van der Waals surface area contributed by atoms with E-state index in [0.29, 0.717) is 10.4 Å². The Balaban J connectivity index is 2.18. The molecule has 2 aromatic rings. The zero-order valence-corrected chi connectivity index (χ0v) is 12.3. The van der Waals surface area contributed by atoms with Crippen LogP contribution >= 0.6 is 15.9 Å². The van der Waals surface area contributed by atoms with E-state index >= 15 is 0 Å². The Labute approximate surface area is 118 Å². The van der Waals surface area contributed by atoms with E-state index in [4.69, 9.17) is 10.3 Å². The molecule has 19 heavy (non-hydrogen) atoms. The SMILES string of the molecule is Cc1nc(CNS(=O)(=O)c2ccc(Br)cc2N)no1. The molecule has 0 radical (unpaired) electrons. The van der Waals surface area contributed by atoms with Gasteiger partial charge in [-0.25, -0.2) is 13.1 Å². The van der Waals surface area contributed by atoms with E-state index < -0.39 is 10.0 Å². The third kappa shape index (κ3) is 3.31. The zero-order chi connectivity index (χ0) is 14.0. The van der Waals surface area contributed by atoms with Gasteiger partial charge in [-0.05, 0) is 18.2 Å². The average molecular weight is 347 g/mol. The highest BCUT2D eigenvalue weighted by Gasteiger charge is 2.18. The second-order valence-corrected chi connectivity index (χ2v) is 6.39. The van der Waals surface area contributed by atoms with Gasteiger partial charge in [-0.2, -0.15) is 4.98 Å². The summed E-state index contributed by atoms with van der Waals surface area (Å²) in [6, 6.07) is 4.54. The van der Waals surface area contributed by atoms with Crippen molar-refractivity contribution in [2.24, 2.45) is 0 Å². The van der Waals surface area contributed by atoms with Crippen LogP contribution < -0.4 is 10.5 Å². The van der Waals surface area contributed by atoms with Crippen LogP contribution in [0.3, 0.4) is 0 Å². The second-order valence-electron chi connectivity index (χ2n) is 3.74. The van der Waals surface area contributed by atoms with Crippen molar-refractivity contribution in [1.82, 2.24) is 14.9 Å². The molecule has 1 heterocycles. The number of aromatic nitrogens is 2. The molecule has 0 saturated heterocycles. The first-order valence-corrected chi connectivity index (χ1v) is 7.50. The fourth-order valence-electron chi connectivity index (χ4n) is 1.41. The predicted molar refractivity (Wildman–Crippen MR) is 71.6 cm³/mol. The Morgan fingerprint density at radius 2 is 2.21 bits per heavy atom. The highest BCUT2D eigenvalue weighted by atomic mass is 79.9. The number of rotatable bonds is 4. The van der Waals surface area contributed by atoms with Gasteiger partial charge in [0, 0.05) is 11.4 Å². The lowest BCUT2D eigenvalue weighted by Gasteiger charge is -2.07. The molecule has 0 aliphatic carbocycles. The number of nitrogen functional groups attached to an aromatic ring is 1. The van der Waals surface area contributed by atoms with E-state index in [2.05, 4.69) is 30.8 Å². The third-order valence-electron chi connectivity index (χ3n) is 2.25. The van der Waals surface area contributed by atoms with Gasteiger partial charge in [0.1, 0.15) is 4.90 Å². The minimum atomic E-state index is -3.71. The number of benzene rings is 1. The third-order valence-corrected chi connectivity index (χ3v) is 4.22. The van der Waals surface area contributed by atoms with Crippen LogP contribution in [0.1, 0.15) is 11.7 Å². The summed E-state index contributed by atoms with van der Waals surface area (Å²) >= 11 is 3.21. The number of anilines is 1. The Kier molecular flexibility index (Phi) is 3.88. The second kappa shape index (κ2) is 5.27. The summed E-state index contributed by atoms with van der Waals surface area (Å²) in [5.74, 6) is 0.633. The van der Waals surface area contributed by atoms with Crippen LogP contribution in [0.15, 0.2) is 32.1 Å². The molecular formula is C10H11BrN4O3S. The van der Waals surface area contributed by atoms with Gasteiger partial charge in [0.2, 0.25) is 15.9 Å². The van der Waals surface area contributed by atoms with Crippen LogP contribution in [-0.2, 0) is 16.6 Å². The monoisotopic (exact) mass is 346 g/mol. The summed E-state index contributed by atoms with van der Waals surface area (Å²) in [4.78, 5) is 3.91. The van der Waals surface area contributed by atoms with Gasteiger partial charge in [0.05, 0.1) is 12.2 Å². The maximum Gasteiger partial charge on any atom is 0.243 e. The highest BCUT2D eigenvalue weighted by Crippen LogP contribution is 2.22. The van der Waals surface area contributed by atoms with Crippen LogP contribution in [0.4, 0.5) is 5.69 Å². The lowest BCUT2D eigenvalue weighted by Crippen LogP contribution is -2.24. The van der Waals surface area contributed by atoms with Gasteiger partial charge in [0.25, 0.3) is 0 Å². The van der Waals surface area contributed by atoms with Crippen molar-refractivity contribution < 1.29 is 12.9 Å². The molecule has 102 valence electrons. The quantitative estimate of drug-likeness (QED) is 0.804. The zero-order valence-electron chi connectivity index (χ0n) is 9.92. The van der Waals surface area contributed by atoms with E-state index in [9.17, 15) is 8.42 Å². The lowest BCUT2D eigenvalue weighted by atomic mass is 10.3. The molecule has 0 unspecified atom stereocenters. The summed E-state index contributed by atoms with van der Waals surface area (Å²) in [5.41, 5.74) is 5.84. The van der Waals surface area contributed by atoms with Crippen molar-refractivity contribution in [2.45, 2.75) is 18.4 Å². The summed E-state index contributed by atoms with van der Waals surface area (Å²) in [5, 5.41) is 3.60.